The Hall–Kier alpha value is -0.410. The molecule has 0 aromatic rings. The molecule has 64 valence electrons. The molecule has 0 amide bonds. The van der Waals surface area contributed by atoms with Crippen LogP contribution in [-0.2, 0) is 14.3 Å². The van der Waals surface area contributed by atoms with Gasteiger partial charge in [0.15, 0.2) is 6.29 Å². The van der Waals surface area contributed by atoms with Gasteiger partial charge in [0, 0.05) is 0 Å². The van der Waals surface area contributed by atoms with E-state index >= 15 is 0 Å². The third-order valence-corrected chi connectivity index (χ3v) is 2.12. The molecule has 0 atom stereocenters. The van der Waals surface area contributed by atoms with E-state index < -0.39 is 5.41 Å². The highest BCUT2D eigenvalue weighted by atomic mass is 16.7. The molecule has 1 heterocycles. The van der Waals surface area contributed by atoms with E-state index in [1.54, 1.807) is 6.92 Å². The molecule has 1 rings (SSSR count). The molecule has 0 aromatic carbocycles. The van der Waals surface area contributed by atoms with Gasteiger partial charge >= 0.3 is 0 Å². The highest BCUT2D eigenvalue weighted by Crippen LogP contribution is 2.27. The van der Waals surface area contributed by atoms with Crippen LogP contribution in [0.25, 0.3) is 0 Å². The molecule has 1 fully saturated rings. The Labute approximate surface area is 66.7 Å². The van der Waals surface area contributed by atoms with Crippen LogP contribution in [-0.4, -0.2) is 25.3 Å². The van der Waals surface area contributed by atoms with Gasteiger partial charge in [-0.3, -0.25) is 4.79 Å². The summed E-state index contributed by atoms with van der Waals surface area (Å²) < 4.78 is 10.5. The van der Waals surface area contributed by atoms with Crippen LogP contribution in [0.4, 0.5) is 0 Å². The molecule has 0 N–H and O–H groups in total. The first-order valence-electron chi connectivity index (χ1n) is 3.79. The van der Waals surface area contributed by atoms with Crippen LogP contribution in [0.2, 0.25) is 0 Å². The first kappa shape index (κ1) is 8.68. The largest absolute Gasteiger partial charge is 0.349 e. The van der Waals surface area contributed by atoms with Gasteiger partial charge in [-0.2, -0.15) is 0 Å². The Morgan fingerprint density at radius 2 is 1.82 bits per heavy atom. The minimum Gasteiger partial charge on any atom is -0.349 e. The van der Waals surface area contributed by atoms with Crippen molar-refractivity contribution in [1.29, 1.82) is 0 Å². The fourth-order valence-electron chi connectivity index (χ4n) is 0.941. The average Bonchev–Trinajstić information content (AvgIpc) is 2.37. The predicted molar refractivity (Wildman–Crippen MR) is 40.2 cm³/mol. The number of rotatable bonds is 2. The molecule has 3 heteroatoms. The van der Waals surface area contributed by atoms with Crippen molar-refractivity contribution in [3.05, 3.63) is 0 Å². The van der Waals surface area contributed by atoms with Crippen LogP contribution in [0.5, 0.6) is 0 Å². The molecular weight excluding hydrogens is 144 g/mol. The quantitative estimate of drug-likeness (QED) is 0.600. The van der Waals surface area contributed by atoms with Crippen LogP contribution in [0.15, 0.2) is 0 Å². The minimum absolute atomic E-state index is 0.101. The summed E-state index contributed by atoms with van der Waals surface area (Å²) in [5, 5.41) is 0. The van der Waals surface area contributed by atoms with E-state index in [-0.39, 0.29) is 12.1 Å². The zero-order valence-electron chi connectivity index (χ0n) is 7.22. The summed E-state index contributed by atoms with van der Waals surface area (Å²) in [5.41, 5.74) is -0.503. The maximum Gasteiger partial charge on any atom is 0.169 e. The number of carbonyl (C=O) groups is 1. The van der Waals surface area contributed by atoms with Crippen molar-refractivity contribution in [1.82, 2.24) is 0 Å². The van der Waals surface area contributed by atoms with Crippen LogP contribution in [0.1, 0.15) is 20.8 Å². The normalized spacial score (nSPS) is 20.6. The van der Waals surface area contributed by atoms with Crippen molar-refractivity contribution in [2.75, 3.05) is 13.2 Å². The summed E-state index contributed by atoms with van der Waals surface area (Å²) in [4.78, 5) is 11.1. The van der Waals surface area contributed by atoms with Gasteiger partial charge in [-0.15, -0.1) is 0 Å². The number of Topliss-reactive ketones (excluding diaryl/α,β-unsaturated/α-hetero) is 1. The Morgan fingerprint density at radius 3 is 2.18 bits per heavy atom. The van der Waals surface area contributed by atoms with Gasteiger partial charge < -0.3 is 9.47 Å². The maximum absolute atomic E-state index is 11.1. The number of hydrogen-bond acceptors (Lipinski definition) is 3. The lowest BCUT2D eigenvalue weighted by Crippen LogP contribution is -2.36. The Kier molecular flexibility index (Phi) is 2.30. The molecule has 1 saturated heterocycles. The zero-order chi connectivity index (χ0) is 8.48. The molecule has 0 aromatic heterocycles. The van der Waals surface area contributed by atoms with Crippen molar-refractivity contribution in [3.8, 4) is 0 Å². The first-order valence-corrected chi connectivity index (χ1v) is 3.79. The van der Waals surface area contributed by atoms with E-state index in [9.17, 15) is 4.79 Å². The van der Waals surface area contributed by atoms with E-state index in [4.69, 9.17) is 9.47 Å². The lowest BCUT2D eigenvalue weighted by molar-refractivity contribution is -0.153. The molecule has 0 saturated carbocycles. The van der Waals surface area contributed by atoms with Gasteiger partial charge in [0.05, 0.1) is 18.6 Å². The Bertz CT molecular complexity index is 157. The van der Waals surface area contributed by atoms with Gasteiger partial charge in [0.1, 0.15) is 5.78 Å². The Balaban J connectivity index is 2.62. The molecule has 11 heavy (non-hydrogen) atoms. The maximum atomic E-state index is 11.1. The summed E-state index contributed by atoms with van der Waals surface area (Å²) in [6.07, 6.45) is -0.347. The third kappa shape index (κ3) is 1.60. The zero-order valence-corrected chi connectivity index (χ0v) is 7.22. The minimum atomic E-state index is -0.503. The second kappa shape index (κ2) is 2.91. The molecule has 0 radical (unpaired) electrons. The monoisotopic (exact) mass is 158 g/mol. The summed E-state index contributed by atoms with van der Waals surface area (Å²) >= 11 is 0. The second-order valence-corrected chi connectivity index (χ2v) is 3.35. The number of carbonyl (C=O) groups excluding carboxylic acids is 1. The van der Waals surface area contributed by atoms with Gasteiger partial charge in [-0.1, -0.05) is 0 Å². The van der Waals surface area contributed by atoms with Crippen molar-refractivity contribution >= 4 is 5.78 Å². The lowest BCUT2D eigenvalue weighted by atomic mass is 9.88. The molecule has 0 unspecified atom stereocenters. The van der Waals surface area contributed by atoms with Crippen LogP contribution < -0.4 is 0 Å². The summed E-state index contributed by atoms with van der Waals surface area (Å²) in [7, 11) is 0. The third-order valence-electron chi connectivity index (χ3n) is 2.12. The summed E-state index contributed by atoms with van der Waals surface area (Å²) in [5.74, 6) is 0.101. The molecule has 0 spiro atoms. The number of ether oxygens (including phenoxy) is 2. The van der Waals surface area contributed by atoms with Crippen LogP contribution in [0.3, 0.4) is 0 Å². The van der Waals surface area contributed by atoms with E-state index in [1.165, 1.54) is 0 Å². The molecule has 0 bridgehead atoms. The van der Waals surface area contributed by atoms with Gasteiger partial charge in [-0.25, -0.2) is 0 Å². The number of ketones is 1. The molecule has 1 aliphatic heterocycles. The fraction of sp³-hybridized carbons (Fsp3) is 0.875. The standard InChI is InChI=1S/C8H14O3/c1-6(9)8(2,3)7-10-4-5-11-7/h7H,4-5H2,1-3H3. The second-order valence-electron chi connectivity index (χ2n) is 3.35. The summed E-state index contributed by atoms with van der Waals surface area (Å²) in [6.45, 7) is 6.43. The average molecular weight is 158 g/mol. The fourth-order valence-corrected chi connectivity index (χ4v) is 0.941. The molecule has 3 nitrogen and oxygen atoms in total. The first-order chi connectivity index (χ1) is 5.05. The van der Waals surface area contributed by atoms with Crippen molar-refractivity contribution in [2.45, 2.75) is 27.1 Å². The Morgan fingerprint density at radius 1 is 1.36 bits per heavy atom. The van der Waals surface area contributed by atoms with E-state index in [1.807, 2.05) is 13.8 Å². The summed E-state index contributed by atoms with van der Waals surface area (Å²) in [6, 6.07) is 0. The predicted octanol–water partition coefficient (Wildman–Crippen LogP) is 0.974. The van der Waals surface area contributed by atoms with E-state index in [0.717, 1.165) is 0 Å². The molecule has 1 aliphatic rings. The van der Waals surface area contributed by atoms with Gasteiger partial charge in [-0.05, 0) is 20.8 Å². The smallest absolute Gasteiger partial charge is 0.169 e. The van der Waals surface area contributed by atoms with Crippen LogP contribution >= 0.6 is 0 Å². The van der Waals surface area contributed by atoms with E-state index in [2.05, 4.69) is 0 Å². The molecular formula is C8H14O3. The highest BCUT2D eigenvalue weighted by molar-refractivity contribution is 5.81. The van der Waals surface area contributed by atoms with Gasteiger partial charge in [0.2, 0.25) is 0 Å². The highest BCUT2D eigenvalue weighted by Gasteiger charge is 2.38. The molecule has 0 aliphatic carbocycles. The van der Waals surface area contributed by atoms with Crippen molar-refractivity contribution < 1.29 is 14.3 Å². The van der Waals surface area contributed by atoms with Crippen LogP contribution in [0, 0.1) is 5.41 Å². The SMILES string of the molecule is CC(=O)C(C)(C)C1OCCO1. The lowest BCUT2D eigenvalue weighted by Gasteiger charge is -2.26. The van der Waals surface area contributed by atoms with Crippen molar-refractivity contribution in [3.63, 3.8) is 0 Å². The van der Waals surface area contributed by atoms with Gasteiger partial charge in [0.25, 0.3) is 0 Å². The van der Waals surface area contributed by atoms with Crippen molar-refractivity contribution in [2.24, 2.45) is 5.41 Å². The van der Waals surface area contributed by atoms with E-state index in [0.29, 0.717) is 13.2 Å². The topological polar surface area (TPSA) is 35.5 Å². The number of hydrogen-bond donors (Lipinski definition) is 0.